The first-order valence-electron chi connectivity index (χ1n) is 8.64. The van der Waals surface area contributed by atoms with Gasteiger partial charge in [0, 0.05) is 16.9 Å². The molecule has 0 spiro atoms. The fourth-order valence-electron chi connectivity index (χ4n) is 3.31. The maximum Gasteiger partial charge on any atom is 0.142 e. The van der Waals surface area contributed by atoms with Crippen molar-refractivity contribution in [2.24, 2.45) is 0 Å². The molecule has 0 aliphatic rings. The summed E-state index contributed by atoms with van der Waals surface area (Å²) in [4.78, 5) is 0. The van der Waals surface area contributed by atoms with E-state index < -0.39 is 0 Å². The van der Waals surface area contributed by atoms with Crippen LogP contribution in [0.25, 0.3) is 0 Å². The van der Waals surface area contributed by atoms with Crippen molar-refractivity contribution < 1.29 is 5.11 Å². The minimum absolute atomic E-state index is 0.0648. The number of phenols is 1. The van der Waals surface area contributed by atoms with E-state index >= 15 is 0 Å². The highest BCUT2D eigenvalue weighted by atomic mass is 16.3. The van der Waals surface area contributed by atoms with Gasteiger partial charge in [-0.15, -0.1) is 0 Å². The van der Waals surface area contributed by atoms with Crippen molar-refractivity contribution in [3.63, 3.8) is 0 Å². The quantitative estimate of drug-likeness (QED) is 0.493. The summed E-state index contributed by atoms with van der Waals surface area (Å²) in [5.74, 6) is 0.249. The summed E-state index contributed by atoms with van der Waals surface area (Å²) >= 11 is 0. The SMILES string of the molecule is CC(c1ccccc1)c1cc(C(C)(C)c2ccccc2)cc(N)c1O. The molecule has 0 bridgehead atoms. The van der Waals surface area contributed by atoms with E-state index in [1.54, 1.807) is 0 Å². The van der Waals surface area contributed by atoms with Gasteiger partial charge >= 0.3 is 0 Å². The number of aromatic hydroxyl groups is 1. The van der Waals surface area contributed by atoms with Crippen LogP contribution in [0.1, 0.15) is 48.9 Å². The Morgan fingerprint density at radius 3 is 2.00 bits per heavy atom. The minimum Gasteiger partial charge on any atom is -0.505 e. The third-order valence-corrected chi connectivity index (χ3v) is 5.15. The predicted molar refractivity (Wildman–Crippen MR) is 105 cm³/mol. The first-order chi connectivity index (χ1) is 11.9. The fourth-order valence-corrected chi connectivity index (χ4v) is 3.31. The maximum atomic E-state index is 10.6. The lowest BCUT2D eigenvalue weighted by atomic mass is 9.76. The average molecular weight is 331 g/mol. The van der Waals surface area contributed by atoms with E-state index in [0.717, 1.165) is 16.7 Å². The Kier molecular flexibility index (Phi) is 4.54. The van der Waals surface area contributed by atoms with Gasteiger partial charge in [-0.1, -0.05) is 87.5 Å². The second-order valence-corrected chi connectivity index (χ2v) is 7.13. The maximum absolute atomic E-state index is 10.6. The van der Waals surface area contributed by atoms with Gasteiger partial charge < -0.3 is 10.8 Å². The highest BCUT2D eigenvalue weighted by Crippen LogP contribution is 2.40. The van der Waals surface area contributed by atoms with Crippen molar-refractivity contribution in [3.05, 3.63) is 95.1 Å². The number of anilines is 1. The number of nitrogen functional groups attached to an aromatic ring is 1. The number of phenolic OH excluding ortho intramolecular Hbond substituents is 1. The number of hydrogen-bond acceptors (Lipinski definition) is 2. The van der Waals surface area contributed by atoms with E-state index in [0.29, 0.717) is 5.69 Å². The lowest BCUT2D eigenvalue weighted by molar-refractivity contribution is 0.468. The highest BCUT2D eigenvalue weighted by molar-refractivity contribution is 5.62. The number of benzene rings is 3. The molecule has 3 N–H and O–H groups in total. The van der Waals surface area contributed by atoms with Crippen LogP contribution in [-0.4, -0.2) is 5.11 Å². The first-order valence-corrected chi connectivity index (χ1v) is 8.64. The zero-order chi connectivity index (χ0) is 18.0. The molecule has 1 unspecified atom stereocenters. The molecule has 1 atom stereocenters. The van der Waals surface area contributed by atoms with Gasteiger partial charge in [0.15, 0.2) is 0 Å². The van der Waals surface area contributed by atoms with Crippen molar-refractivity contribution in [3.8, 4) is 5.75 Å². The zero-order valence-corrected chi connectivity index (χ0v) is 15.0. The molecule has 0 aliphatic heterocycles. The third kappa shape index (κ3) is 3.25. The van der Waals surface area contributed by atoms with Crippen LogP contribution in [-0.2, 0) is 5.41 Å². The average Bonchev–Trinajstić information content (AvgIpc) is 2.64. The molecule has 2 nitrogen and oxygen atoms in total. The van der Waals surface area contributed by atoms with Gasteiger partial charge in [0.1, 0.15) is 5.75 Å². The molecule has 0 aliphatic carbocycles. The van der Waals surface area contributed by atoms with Crippen molar-refractivity contribution >= 4 is 5.69 Å². The van der Waals surface area contributed by atoms with Crippen molar-refractivity contribution in [2.45, 2.75) is 32.1 Å². The predicted octanol–water partition coefficient (Wildman–Crippen LogP) is 5.45. The number of nitrogens with two attached hydrogens (primary N) is 1. The van der Waals surface area contributed by atoms with E-state index in [-0.39, 0.29) is 17.1 Å². The van der Waals surface area contributed by atoms with E-state index in [1.165, 1.54) is 5.56 Å². The monoisotopic (exact) mass is 331 g/mol. The van der Waals surface area contributed by atoms with Crippen LogP contribution < -0.4 is 5.73 Å². The van der Waals surface area contributed by atoms with E-state index in [9.17, 15) is 5.11 Å². The molecule has 2 heteroatoms. The summed E-state index contributed by atoms with van der Waals surface area (Å²) in [6.45, 7) is 6.47. The lowest BCUT2D eigenvalue weighted by Crippen LogP contribution is -2.19. The summed E-state index contributed by atoms with van der Waals surface area (Å²) < 4.78 is 0. The molecule has 0 aromatic heterocycles. The summed E-state index contributed by atoms with van der Waals surface area (Å²) in [7, 11) is 0. The smallest absolute Gasteiger partial charge is 0.142 e. The molecule has 25 heavy (non-hydrogen) atoms. The van der Waals surface area contributed by atoms with Crippen LogP contribution in [0.15, 0.2) is 72.8 Å². The molecule has 3 rings (SSSR count). The van der Waals surface area contributed by atoms with Crippen molar-refractivity contribution in [1.29, 1.82) is 0 Å². The van der Waals surface area contributed by atoms with Gasteiger partial charge in [-0.3, -0.25) is 0 Å². The van der Waals surface area contributed by atoms with Crippen LogP contribution in [0.2, 0.25) is 0 Å². The Bertz CT molecular complexity index is 854. The molecule has 3 aromatic carbocycles. The van der Waals surface area contributed by atoms with E-state index in [2.05, 4.69) is 51.1 Å². The standard InChI is InChI=1S/C23H25NO/c1-16(17-10-6-4-7-11-17)20-14-19(15-21(24)22(20)25)23(2,3)18-12-8-5-9-13-18/h4-16,25H,24H2,1-3H3. The molecule has 0 fully saturated rings. The Labute approximate surface area is 150 Å². The van der Waals surface area contributed by atoms with Crippen LogP contribution >= 0.6 is 0 Å². The molecular formula is C23H25NO. The second kappa shape index (κ2) is 6.64. The summed E-state index contributed by atoms with van der Waals surface area (Å²) in [5, 5.41) is 10.6. The first kappa shape index (κ1) is 17.1. The van der Waals surface area contributed by atoms with Crippen molar-refractivity contribution in [1.82, 2.24) is 0 Å². The molecule has 0 saturated heterocycles. The summed E-state index contributed by atoms with van der Waals surface area (Å²) in [6, 6.07) is 24.6. The highest BCUT2D eigenvalue weighted by Gasteiger charge is 2.26. The van der Waals surface area contributed by atoms with E-state index in [1.807, 2.05) is 42.5 Å². The molecular weight excluding hydrogens is 306 g/mol. The Hall–Kier alpha value is -2.74. The molecule has 128 valence electrons. The van der Waals surface area contributed by atoms with Gasteiger partial charge in [0.25, 0.3) is 0 Å². The van der Waals surface area contributed by atoms with E-state index in [4.69, 9.17) is 5.73 Å². The van der Waals surface area contributed by atoms with Crippen LogP contribution in [0.3, 0.4) is 0 Å². The molecule has 0 saturated carbocycles. The minimum atomic E-state index is -0.200. The molecule has 0 radical (unpaired) electrons. The van der Waals surface area contributed by atoms with Crippen LogP contribution in [0.5, 0.6) is 5.75 Å². The molecule has 0 amide bonds. The lowest BCUT2D eigenvalue weighted by Gasteiger charge is -2.28. The molecule has 3 aromatic rings. The summed E-state index contributed by atoms with van der Waals surface area (Å²) in [6.07, 6.45) is 0. The largest absolute Gasteiger partial charge is 0.505 e. The molecule has 0 heterocycles. The fraction of sp³-hybridized carbons (Fsp3) is 0.217. The topological polar surface area (TPSA) is 46.2 Å². The Morgan fingerprint density at radius 1 is 0.840 bits per heavy atom. The second-order valence-electron chi connectivity index (χ2n) is 7.13. The Morgan fingerprint density at radius 2 is 1.40 bits per heavy atom. The summed E-state index contributed by atoms with van der Waals surface area (Å²) in [5.41, 5.74) is 10.7. The van der Waals surface area contributed by atoms with Gasteiger partial charge in [-0.25, -0.2) is 0 Å². The van der Waals surface area contributed by atoms with Crippen molar-refractivity contribution in [2.75, 3.05) is 5.73 Å². The Balaban J connectivity index is 2.10. The van der Waals surface area contributed by atoms with Gasteiger partial charge in [-0.05, 0) is 22.8 Å². The van der Waals surface area contributed by atoms with Gasteiger partial charge in [0.05, 0.1) is 5.69 Å². The van der Waals surface area contributed by atoms with Crippen LogP contribution in [0, 0.1) is 0 Å². The van der Waals surface area contributed by atoms with Gasteiger partial charge in [0.2, 0.25) is 0 Å². The number of hydrogen-bond donors (Lipinski definition) is 2. The number of rotatable bonds is 4. The zero-order valence-electron chi connectivity index (χ0n) is 15.0. The van der Waals surface area contributed by atoms with Crippen LogP contribution in [0.4, 0.5) is 5.69 Å². The normalized spacial score (nSPS) is 12.8. The third-order valence-electron chi connectivity index (χ3n) is 5.15. The van der Waals surface area contributed by atoms with Gasteiger partial charge in [-0.2, -0.15) is 0 Å².